The average Bonchev–Trinajstić information content (AvgIpc) is 3.42. The van der Waals surface area contributed by atoms with Crippen molar-refractivity contribution in [3.63, 3.8) is 0 Å². The van der Waals surface area contributed by atoms with Crippen LogP contribution in [0.2, 0.25) is 5.02 Å². The van der Waals surface area contributed by atoms with Gasteiger partial charge in [0.15, 0.2) is 0 Å². The summed E-state index contributed by atoms with van der Waals surface area (Å²) < 4.78 is 5.71. The van der Waals surface area contributed by atoms with Crippen LogP contribution in [0.1, 0.15) is 12.8 Å². The van der Waals surface area contributed by atoms with Crippen LogP contribution < -0.4 is 15.4 Å². The number of rotatable bonds is 7. The second-order valence-electron chi connectivity index (χ2n) is 6.72. The fourth-order valence-electron chi connectivity index (χ4n) is 2.81. The van der Waals surface area contributed by atoms with Crippen LogP contribution in [0.4, 0.5) is 4.79 Å². The van der Waals surface area contributed by atoms with Crippen LogP contribution in [0, 0.1) is 0 Å². The first-order valence-electron chi connectivity index (χ1n) is 9.02. The van der Waals surface area contributed by atoms with Gasteiger partial charge in [0, 0.05) is 43.8 Å². The lowest BCUT2D eigenvalue weighted by Gasteiger charge is -2.34. The van der Waals surface area contributed by atoms with Crippen molar-refractivity contribution in [1.82, 2.24) is 20.4 Å². The van der Waals surface area contributed by atoms with E-state index >= 15 is 0 Å². The molecule has 1 aromatic carbocycles. The average molecular weight is 381 g/mol. The Labute approximate surface area is 158 Å². The fraction of sp³-hybridized carbons (Fsp3) is 0.556. The molecule has 1 aliphatic carbocycles. The molecule has 3 amide bonds. The van der Waals surface area contributed by atoms with Gasteiger partial charge in [0.05, 0.1) is 6.54 Å². The first-order chi connectivity index (χ1) is 12.6. The van der Waals surface area contributed by atoms with Crippen molar-refractivity contribution in [1.29, 1.82) is 0 Å². The van der Waals surface area contributed by atoms with E-state index in [4.69, 9.17) is 16.3 Å². The molecule has 0 bridgehead atoms. The minimum absolute atomic E-state index is 0.248. The molecule has 7 nitrogen and oxygen atoms in total. The number of ether oxygens (including phenoxy) is 1. The highest BCUT2D eigenvalue weighted by Gasteiger charge is 2.24. The predicted octanol–water partition coefficient (Wildman–Crippen LogP) is 1.32. The molecule has 0 aromatic heterocycles. The molecular weight excluding hydrogens is 356 g/mol. The highest BCUT2D eigenvalue weighted by Crippen LogP contribution is 2.18. The number of carbonyl (C=O) groups is 2. The van der Waals surface area contributed by atoms with Gasteiger partial charge in [-0.3, -0.25) is 19.9 Å². The van der Waals surface area contributed by atoms with E-state index in [1.165, 1.54) is 0 Å². The van der Waals surface area contributed by atoms with Crippen molar-refractivity contribution in [3.05, 3.63) is 29.3 Å². The molecule has 0 unspecified atom stereocenters. The summed E-state index contributed by atoms with van der Waals surface area (Å²) in [6, 6.07) is 7.21. The Balaban J connectivity index is 1.28. The van der Waals surface area contributed by atoms with E-state index in [0.29, 0.717) is 11.6 Å². The van der Waals surface area contributed by atoms with Crippen molar-refractivity contribution < 1.29 is 14.3 Å². The van der Waals surface area contributed by atoms with Gasteiger partial charge in [-0.2, -0.15) is 0 Å². The van der Waals surface area contributed by atoms with E-state index < -0.39 is 0 Å². The van der Waals surface area contributed by atoms with Crippen LogP contribution in [0.25, 0.3) is 0 Å². The molecule has 8 heteroatoms. The zero-order valence-electron chi connectivity index (χ0n) is 14.7. The van der Waals surface area contributed by atoms with Gasteiger partial charge in [0.25, 0.3) is 0 Å². The zero-order valence-corrected chi connectivity index (χ0v) is 15.5. The van der Waals surface area contributed by atoms with Gasteiger partial charge in [-0.05, 0) is 37.1 Å². The smallest absolute Gasteiger partial charge is 0.321 e. The summed E-state index contributed by atoms with van der Waals surface area (Å²) in [6.07, 6.45) is 2.01. The lowest BCUT2D eigenvalue weighted by Crippen LogP contribution is -2.51. The molecule has 26 heavy (non-hydrogen) atoms. The monoisotopic (exact) mass is 380 g/mol. The van der Waals surface area contributed by atoms with Crippen molar-refractivity contribution in [2.24, 2.45) is 0 Å². The summed E-state index contributed by atoms with van der Waals surface area (Å²) in [5.74, 6) is 0.567. The summed E-state index contributed by atoms with van der Waals surface area (Å²) in [6.45, 7) is 5.08. The third kappa shape index (κ3) is 6.48. The van der Waals surface area contributed by atoms with Gasteiger partial charge in [0.2, 0.25) is 5.91 Å². The Morgan fingerprint density at radius 3 is 2.38 bits per heavy atom. The standard InChI is InChI=1S/C18H25ClN4O3/c19-14-1-5-16(6-2-14)26-12-11-22-7-9-23(10-8-22)13-17(24)21-18(25)20-15-3-4-15/h1-2,5-6,15H,3-4,7-13H2,(H2,20,21,24,25). The van der Waals surface area contributed by atoms with Gasteiger partial charge in [0.1, 0.15) is 12.4 Å². The number of piperazine rings is 1. The minimum atomic E-state index is -0.379. The zero-order chi connectivity index (χ0) is 18.4. The Hall–Kier alpha value is -1.83. The number of hydrogen-bond acceptors (Lipinski definition) is 5. The number of carbonyl (C=O) groups excluding carboxylic acids is 2. The number of urea groups is 1. The summed E-state index contributed by atoms with van der Waals surface area (Å²) in [7, 11) is 0. The minimum Gasteiger partial charge on any atom is -0.492 e. The number of hydrogen-bond donors (Lipinski definition) is 2. The molecule has 1 saturated heterocycles. The molecule has 2 aliphatic rings. The lowest BCUT2D eigenvalue weighted by molar-refractivity contribution is -0.121. The van der Waals surface area contributed by atoms with E-state index in [-0.39, 0.29) is 24.5 Å². The van der Waals surface area contributed by atoms with Crippen LogP contribution in [-0.2, 0) is 4.79 Å². The number of imide groups is 1. The number of halogens is 1. The maximum absolute atomic E-state index is 11.9. The maximum atomic E-state index is 11.9. The SMILES string of the molecule is O=C(CN1CCN(CCOc2ccc(Cl)cc2)CC1)NC(=O)NC1CC1. The molecule has 2 N–H and O–H groups in total. The highest BCUT2D eigenvalue weighted by atomic mass is 35.5. The van der Waals surface area contributed by atoms with E-state index in [9.17, 15) is 9.59 Å². The van der Waals surface area contributed by atoms with Crippen LogP contribution in [-0.4, -0.2) is 73.7 Å². The Morgan fingerprint density at radius 2 is 1.73 bits per heavy atom. The van der Waals surface area contributed by atoms with Gasteiger partial charge in [-0.25, -0.2) is 4.79 Å². The lowest BCUT2D eigenvalue weighted by atomic mass is 10.3. The third-order valence-electron chi connectivity index (χ3n) is 4.49. The van der Waals surface area contributed by atoms with E-state index in [1.54, 1.807) is 0 Å². The van der Waals surface area contributed by atoms with Crippen LogP contribution in [0.15, 0.2) is 24.3 Å². The summed E-state index contributed by atoms with van der Waals surface area (Å²) >= 11 is 5.85. The maximum Gasteiger partial charge on any atom is 0.321 e. The van der Waals surface area contributed by atoms with E-state index in [0.717, 1.165) is 51.3 Å². The molecule has 0 spiro atoms. The molecule has 142 valence electrons. The number of benzene rings is 1. The summed E-state index contributed by atoms with van der Waals surface area (Å²) in [5, 5.41) is 5.84. The fourth-order valence-corrected chi connectivity index (χ4v) is 2.94. The first-order valence-corrected chi connectivity index (χ1v) is 9.40. The largest absolute Gasteiger partial charge is 0.492 e. The molecule has 0 radical (unpaired) electrons. The molecule has 0 atom stereocenters. The third-order valence-corrected chi connectivity index (χ3v) is 4.74. The Bertz CT molecular complexity index is 613. The molecular formula is C18H25ClN4O3. The van der Waals surface area contributed by atoms with Gasteiger partial charge in [-0.15, -0.1) is 0 Å². The van der Waals surface area contributed by atoms with Crippen molar-refractivity contribution in [2.45, 2.75) is 18.9 Å². The highest BCUT2D eigenvalue weighted by molar-refractivity contribution is 6.30. The molecule has 1 heterocycles. The number of nitrogens with one attached hydrogen (secondary N) is 2. The first kappa shape index (κ1) is 18.9. The second-order valence-corrected chi connectivity index (χ2v) is 7.15. The van der Waals surface area contributed by atoms with Gasteiger partial charge < -0.3 is 10.1 Å². The Kier molecular flexibility index (Phi) is 6.71. The van der Waals surface area contributed by atoms with Crippen molar-refractivity contribution in [3.8, 4) is 5.75 Å². The van der Waals surface area contributed by atoms with Crippen molar-refractivity contribution >= 4 is 23.5 Å². The van der Waals surface area contributed by atoms with E-state index in [1.807, 2.05) is 24.3 Å². The summed E-state index contributed by atoms with van der Waals surface area (Å²) in [4.78, 5) is 27.8. The molecule has 1 aromatic rings. The van der Waals surface area contributed by atoms with Gasteiger partial charge >= 0.3 is 6.03 Å². The topological polar surface area (TPSA) is 73.9 Å². The van der Waals surface area contributed by atoms with Crippen LogP contribution in [0.5, 0.6) is 5.75 Å². The van der Waals surface area contributed by atoms with Crippen molar-refractivity contribution in [2.75, 3.05) is 45.9 Å². The molecule has 1 saturated carbocycles. The second kappa shape index (κ2) is 9.21. The number of nitrogens with zero attached hydrogens (tertiary/aromatic N) is 2. The number of amides is 3. The Morgan fingerprint density at radius 1 is 1.08 bits per heavy atom. The molecule has 2 fully saturated rings. The summed E-state index contributed by atoms with van der Waals surface area (Å²) in [5.41, 5.74) is 0. The normalized spacial score (nSPS) is 18.3. The van der Waals surface area contributed by atoms with Gasteiger partial charge in [-0.1, -0.05) is 11.6 Å². The molecule has 3 rings (SSSR count). The predicted molar refractivity (Wildman–Crippen MR) is 99.5 cm³/mol. The quantitative estimate of drug-likeness (QED) is 0.746. The molecule has 1 aliphatic heterocycles. The van der Waals surface area contributed by atoms with E-state index in [2.05, 4.69) is 20.4 Å². The van der Waals surface area contributed by atoms with Crippen LogP contribution >= 0.6 is 11.6 Å². The van der Waals surface area contributed by atoms with Crippen LogP contribution in [0.3, 0.4) is 0 Å².